The van der Waals surface area contributed by atoms with Crippen molar-refractivity contribution in [2.75, 3.05) is 30.8 Å². The molecule has 0 aliphatic heterocycles. The molecule has 0 bridgehead atoms. The van der Waals surface area contributed by atoms with Crippen molar-refractivity contribution in [1.82, 2.24) is 5.32 Å². The predicted molar refractivity (Wildman–Crippen MR) is 108 cm³/mol. The van der Waals surface area contributed by atoms with Crippen molar-refractivity contribution in [1.29, 1.82) is 0 Å². The summed E-state index contributed by atoms with van der Waals surface area (Å²) in [5.41, 5.74) is 1.30. The molecule has 0 spiro atoms. The van der Waals surface area contributed by atoms with Crippen LogP contribution in [0.2, 0.25) is 10.0 Å². The molecule has 1 amide bonds. The molecule has 0 atom stereocenters. The lowest BCUT2D eigenvalue weighted by atomic mass is 10.1. The van der Waals surface area contributed by atoms with Gasteiger partial charge in [0.1, 0.15) is 12.3 Å². The Morgan fingerprint density at radius 1 is 1.11 bits per heavy atom. The molecule has 27 heavy (non-hydrogen) atoms. The third-order valence-corrected chi connectivity index (χ3v) is 5.65. The van der Waals surface area contributed by atoms with Gasteiger partial charge >= 0.3 is 0 Å². The van der Waals surface area contributed by atoms with Crippen molar-refractivity contribution >= 4 is 44.8 Å². The summed E-state index contributed by atoms with van der Waals surface area (Å²) in [5, 5.41) is 3.24. The fourth-order valence-electron chi connectivity index (χ4n) is 2.36. The number of hydrogen-bond acceptors (Lipinski definition) is 4. The van der Waals surface area contributed by atoms with Gasteiger partial charge in [-0.2, -0.15) is 0 Å². The van der Waals surface area contributed by atoms with E-state index in [1.807, 2.05) is 24.3 Å². The van der Waals surface area contributed by atoms with Gasteiger partial charge in [-0.15, -0.1) is 0 Å². The Bertz CT molecular complexity index is 902. The summed E-state index contributed by atoms with van der Waals surface area (Å²) in [6.07, 6.45) is 1.64. The lowest BCUT2D eigenvalue weighted by molar-refractivity contribution is -0.119. The van der Waals surface area contributed by atoms with Crippen LogP contribution >= 0.6 is 23.2 Å². The molecule has 0 heterocycles. The van der Waals surface area contributed by atoms with Gasteiger partial charge in [-0.1, -0.05) is 35.3 Å². The zero-order valence-electron chi connectivity index (χ0n) is 14.9. The smallest absolute Gasteiger partial charge is 0.240 e. The molecule has 1 N–H and O–H groups in total. The Balaban J connectivity index is 1.98. The molecule has 0 aliphatic carbocycles. The second kappa shape index (κ2) is 9.30. The van der Waals surface area contributed by atoms with E-state index < -0.39 is 15.9 Å². The Kier molecular flexibility index (Phi) is 7.35. The van der Waals surface area contributed by atoms with Gasteiger partial charge in [-0.25, -0.2) is 8.42 Å². The average molecular weight is 431 g/mol. The fraction of sp³-hybridized carbons (Fsp3) is 0.278. The third kappa shape index (κ3) is 6.30. The molecule has 0 aromatic heterocycles. The zero-order chi connectivity index (χ0) is 20.0. The highest BCUT2D eigenvalue weighted by atomic mass is 35.5. The van der Waals surface area contributed by atoms with Crippen LogP contribution in [0.25, 0.3) is 0 Å². The molecule has 0 saturated heterocycles. The number of ether oxygens (including phenoxy) is 1. The largest absolute Gasteiger partial charge is 0.497 e. The summed E-state index contributed by atoms with van der Waals surface area (Å²) in [4.78, 5) is 12.2. The molecular weight excluding hydrogens is 411 g/mol. The third-order valence-electron chi connectivity index (χ3n) is 3.77. The Morgan fingerprint density at radius 3 is 2.33 bits per heavy atom. The van der Waals surface area contributed by atoms with E-state index >= 15 is 0 Å². The Hall–Kier alpha value is -1.96. The molecular formula is C18H20Cl2N2O4S. The number of nitrogens with one attached hydrogen (secondary N) is 1. The van der Waals surface area contributed by atoms with Crippen LogP contribution in [0.3, 0.4) is 0 Å². The number of sulfonamides is 1. The molecule has 0 unspecified atom stereocenters. The number of carbonyl (C=O) groups is 1. The van der Waals surface area contributed by atoms with E-state index in [9.17, 15) is 13.2 Å². The summed E-state index contributed by atoms with van der Waals surface area (Å²) in [6.45, 7) is 0.0313. The van der Waals surface area contributed by atoms with Crippen molar-refractivity contribution < 1.29 is 17.9 Å². The van der Waals surface area contributed by atoms with Gasteiger partial charge in [-0.3, -0.25) is 9.10 Å². The van der Waals surface area contributed by atoms with Gasteiger partial charge in [-0.05, 0) is 42.3 Å². The maximum atomic E-state index is 12.2. The molecule has 6 nitrogen and oxygen atoms in total. The van der Waals surface area contributed by atoms with Gasteiger partial charge in [0, 0.05) is 6.54 Å². The van der Waals surface area contributed by atoms with Crippen LogP contribution in [-0.4, -0.2) is 40.8 Å². The lowest BCUT2D eigenvalue weighted by Crippen LogP contribution is -2.40. The molecule has 0 saturated carbocycles. The summed E-state index contributed by atoms with van der Waals surface area (Å²) >= 11 is 11.8. The number of benzene rings is 2. The van der Waals surface area contributed by atoms with Crippen LogP contribution in [0.15, 0.2) is 42.5 Å². The second-order valence-corrected chi connectivity index (χ2v) is 8.54. The van der Waals surface area contributed by atoms with Crippen LogP contribution in [-0.2, 0) is 21.2 Å². The molecule has 0 fully saturated rings. The monoisotopic (exact) mass is 430 g/mol. The van der Waals surface area contributed by atoms with Crippen molar-refractivity contribution in [3.63, 3.8) is 0 Å². The van der Waals surface area contributed by atoms with E-state index in [1.54, 1.807) is 7.11 Å². The maximum absolute atomic E-state index is 12.2. The number of hydrogen-bond donors (Lipinski definition) is 1. The van der Waals surface area contributed by atoms with Gasteiger partial charge in [0.25, 0.3) is 0 Å². The van der Waals surface area contributed by atoms with Crippen molar-refractivity contribution in [2.24, 2.45) is 0 Å². The molecule has 0 radical (unpaired) electrons. The number of methoxy groups -OCH3 is 1. The first kappa shape index (κ1) is 21.3. The number of carbonyl (C=O) groups excluding carboxylic acids is 1. The van der Waals surface area contributed by atoms with Crippen LogP contribution in [0.4, 0.5) is 5.69 Å². The van der Waals surface area contributed by atoms with E-state index in [2.05, 4.69) is 5.32 Å². The maximum Gasteiger partial charge on any atom is 0.240 e. The van der Waals surface area contributed by atoms with E-state index in [4.69, 9.17) is 27.9 Å². The van der Waals surface area contributed by atoms with Crippen LogP contribution in [0.1, 0.15) is 5.56 Å². The summed E-state index contributed by atoms with van der Waals surface area (Å²) in [6, 6.07) is 11.9. The number of anilines is 1. The van der Waals surface area contributed by atoms with Gasteiger partial charge in [0.2, 0.25) is 15.9 Å². The summed E-state index contributed by atoms with van der Waals surface area (Å²) in [7, 11) is -2.08. The first-order valence-corrected chi connectivity index (χ1v) is 10.6. The molecule has 0 aliphatic rings. The average Bonchev–Trinajstić information content (AvgIpc) is 2.62. The minimum atomic E-state index is -3.67. The number of rotatable bonds is 8. The topological polar surface area (TPSA) is 75.7 Å². The molecule has 2 rings (SSSR count). The fourth-order valence-corrected chi connectivity index (χ4v) is 3.51. The standard InChI is InChI=1S/C18H20Cl2N2O4S/c1-26-15-6-3-13(4-7-15)9-10-21-18(23)12-22(27(2,24)25)14-5-8-16(19)17(20)11-14/h3-8,11H,9-10,12H2,1-2H3,(H,21,23). The Morgan fingerprint density at radius 2 is 1.78 bits per heavy atom. The number of amides is 1. The minimum Gasteiger partial charge on any atom is -0.497 e. The number of nitrogens with zero attached hydrogens (tertiary/aromatic N) is 1. The van der Waals surface area contributed by atoms with Gasteiger partial charge < -0.3 is 10.1 Å². The van der Waals surface area contributed by atoms with Crippen molar-refractivity contribution in [3.8, 4) is 5.75 Å². The second-order valence-electron chi connectivity index (χ2n) is 5.82. The van der Waals surface area contributed by atoms with E-state index in [1.165, 1.54) is 18.2 Å². The first-order valence-electron chi connectivity index (χ1n) is 8.03. The highest BCUT2D eigenvalue weighted by Crippen LogP contribution is 2.28. The van der Waals surface area contributed by atoms with E-state index in [0.29, 0.717) is 18.0 Å². The van der Waals surface area contributed by atoms with Crippen molar-refractivity contribution in [3.05, 3.63) is 58.1 Å². The predicted octanol–water partition coefficient (Wildman–Crippen LogP) is 3.13. The minimum absolute atomic E-state index is 0.211. The zero-order valence-corrected chi connectivity index (χ0v) is 17.2. The molecule has 146 valence electrons. The normalized spacial score (nSPS) is 11.1. The van der Waals surface area contributed by atoms with E-state index in [-0.39, 0.29) is 17.3 Å². The van der Waals surface area contributed by atoms with Crippen LogP contribution < -0.4 is 14.4 Å². The molecule has 2 aromatic carbocycles. The molecule has 9 heteroatoms. The summed E-state index contributed by atoms with van der Waals surface area (Å²) < 4.78 is 30.2. The van der Waals surface area contributed by atoms with E-state index in [0.717, 1.165) is 21.9 Å². The number of halogens is 2. The van der Waals surface area contributed by atoms with Crippen LogP contribution in [0.5, 0.6) is 5.75 Å². The van der Waals surface area contributed by atoms with Crippen LogP contribution in [0, 0.1) is 0 Å². The highest BCUT2D eigenvalue weighted by molar-refractivity contribution is 7.92. The van der Waals surface area contributed by atoms with Gasteiger partial charge in [0.05, 0.1) is 29.1 Å². The molecule has 2 aromatic rings. The quantitative estimate of drug-likeness (QED) is 0.697. The lowest BCUT2D eigenvalue weighted by Gasteiger charge is -2.22. The highest BCUT2D eigenvalue weighted by Gasteiger charge is 2.21. The Labute approximate surface area is 169 Å². The van der Waals surface area contributed by atoms with Gasteiger partial charge in [0.15, 0.2) is 0 Å². The summed E-state index contributed by atoms with van der Waals surface area (Å²) in [5.74, 6) is 0.341. The SMILES string of the molecule is COc1ccc(CCNC(=O)CN(c2ccc(Cl)c(Cl)c2)S(C)(=O)=O)cc1. The van der Waals surface area contributed by atoms with Crippen molar-refractivity contribution in [2.45, 2.75) is 6.42 Å². The first-order chi connectivity index (χ1) is 12.7.